The van der Waals surface area contributed by atoms with Crippen LogP contribution in [0.1, 0.15) is 25.0 Å². The lowest BCUT2D eigenvalue weighted by atomic mass is 9.81. The quantitative estimate of drug-likeness (QED) is 0.148. The maximum Gasteiger partial charge on any atom is 0.0467 e. The van der Waals surface area contributed by atoms with E-state index in [2.05, 4.69) is 255 Å². The van der Waals surface area contributed by atoms with Crippen molar-refractivity contribution in [1.82, 2.24) is 0 Å². The molecule has 0 N–H and O–H groups in total. The van der Waals surface area contributed by atoms with Crippen molar-refractivity contribution in [3.63, 3.8) is 0 Å². The van der Waals surface area contributed by atoms with Gasteiger partial charge in [-0.15, -0.1) is 0 Å². The third-order valence-electron chi connectivity index (χ3n) is 12.9. The fourth-order valence-electron chi connectivity index (χ4n) is 9.49. The van der Waals surface area contributed by atoms with Crippen molar-refractivity contribution in [2.24, 2.45) is 0 Å². The fraction of sp³-hybridized carbons (Fsp3) is 0.0492. The van der Waals surface area contributed by atoms with Crippen LogP contribution in [0, 0.1) is 0 Å². The molecule has 1 heteroatoms. The predicted molar refractivity (Wildman–Crippen MR) is 263 cm³/mol. The highest BCUT2D eigenvalue weighted by Crippen LogP contribution is 2.49. The number of rotatable bonds is 8. The second-order valence-corrected chi connectivity index (χ2v) is 17.0. The van der Waals surface area contributed by atoms with E-state index in [-0.39, 0.29) is 5.41 Å². The van der Waals surface area contributed by atoms with Crippen LogP contribution >= 0.6 is 0 Å². The Bertz CT molecular complexity index is 3230. The molecule has 0 heterocycles. The summed E-state index contributed by atoms with van der Waals surface area (Å²) in [4.78, 5) is 2.38. The maximum absolute atomic E-state index is 2.41. The fourth-order valence-corrected chi connectivity index (χ4v) is 9.49. The minimum atomic E-state index is -0.0462. The van der Waals surface area contributed by atoms with Crippen molar-refractivity contribution >= 4 is 27.8 Å². The van der Waals surface area contributed by atoms with Crippen molar-refractivity contribution < 1.29 is 0 Å². The summed E-state index contributed by atoms with van der Waals surface area (Å²) in [6.07, 6.45) is 0. The van der Waals surface area contributed by atoms with Crippen molar-refractivity contribution in [2.45, 2.75) is 19.3 Å². The molecule has 0 radical (unpaired) electrons. The molecular formula is C61H45N. The standard InChI is InChI=1S/C61H45N/c1-61(2)59-21-9-8-20-57(59)58-37-32-53(41-60(58)61)47-30-35-55(36-31-47)62(56-19-11-18-51(40-56)45-24-22-44(23-25-45)42-12-4-3-5-13-42)54-33-28-46(29-34-54)49-16-10-17-50(38-49)52-27-26-43-14-6-7-15-48(43)39-52/h3-41H,1-2H3. The average molecular weight is 792 g/mol. The van der Waals surface area contributed by atoms with Gasteiger partial charge in [-0.2, -0.15) is 0 Å². The zero-order valence-corrected chi connectivity index (χ0v) is 35.0. The Morgan fingerprint density at radius 2 is 0.694 bits per heavy atom. The van der Waals surface area contributed by atoms with Gasteiger partial charge in [-0.3, -0.25) is 0 Å². The highest BCUT2D eigenvalue weighted by Gasteiger charge is 2.35. The van der Waals surface area contributed by atoms with Gasteiger partial charge in [0.25, 0.3) is 0 Å². The smallest absolute Gasteiger partial charge is 0.0467 e. The lowest BCUT2D eigenvalue weighted by molar-refractivity contribution is 0.660. The van der Waals surface area contributed by atoms with Crippen molar-refractivity contribution in [3.05, 3.63) is 248 Å². The van der Waals surface area contributed by atoms with Gasteiger partial charge in [-0.1, -0.05) is 196 Å². The van der Waals surface area contributed by atoms with Crippen LogP contribution in [0.15, 0.2) is 237 Å². The van der Waals surface area contributed by atoms with Gasteiger partial charge in [0.05, 0.1) is 0 Å². The molecule has 62 heavy (non-hydrogen) atoms. The first-order valence-corrected chi connectivity index (χ1v) is 21.6. The number of nitrogens with zero attached hydrogens (tertiary/aromatic N) is 1. The predicted octanol–water partition coefficient (Wildman–Crippen LogP) is 17.0. The van der Waals surface area contributed by atoms with Gasteiger partial charge in [0.1, 0.15) is 0 Å². The zero-order chi connectivity index (χ0) is 41.6. The van der Waals surface area contributed by atoms with Gasteiger partial charge in [0.15, 0.2) is 0 Å². The first kappa shape index (κ1) is 37.3. The summed E-state index contributed by atoms with van der Waals surface area (Å²) in [5.74, 6) is 0. The van der Waals surface area contributed by atoms with Gasteiger partial charge in [0, 0.05) is 22.5 Å². The third-order valence-corrected chi connectivity index (χ3v) is 12.9. The molecule has 0 spiro atoms. The van der Waals surface area contributed by atoms with Crippen LogP contribution in [0.3, 0.4) is 0 Å². The highest BCUT2D eigenvalue weighted by molar-refractivity contribution is 5.89. The molecule has 1 aliphatic carbocycles. The Kier molecular flexibility index (Phi) is 9.24. The summed E-state index contributed by atoms with van der Waals surface area (Å²) in [6.45, 7) is 4.70. The lowest BCUT2D eigenvalue weighted by Crippen LogP contribution is -2.14. The third kappa shape index (κ3) is 6.79. The molecule has 10 aromatic rings. The molecule has 0 aromatic heterocycles. The molecule has 0 bridgehead atoms. The van der Waals surface area contributed by atoms with Crippen LogP contribution in [0.4, 0.5) is 17.1 Å². The second kappa shape index (κ2) is 15.4. The van der Waals surface area contributed by atoms with E-state index in [0.717, 1.165) is 17.1 Å². The van der Waals surface area contributed by atoms with E-state index in [1.807, 2.05) is 0 Å². The van der Waals surface area contributed by atoms with Crippen LogP contribution in [0.25, 0.3) is 77.5 Å². The topological polar surface area (TPSA) is 3.24 Å². The molecule has 0 saturated heterocycles. The molecule has 11 rings (SSSR count). The normalized spacial score (nSPS) is 12.5. The first-order valence-electron chi connectivity index (χ1n) is 21.6. The molecule has 0 saturated carbocycles. The summed E-state index contributed by atoms with van der Waals surface area (Å²) in [6, 6.07) is 86.5. The zero-order valence-electron chi connectivity index (χ0n) is 35.0. The highest BCUT2D eigenvalue weighted by atomic mass is 15.1. The SMILES string of the molecule is CC1(C)c2ccccc2-c2ccc(-c3ccc(N(c4ccc(-c5cccc(-c6ccc7ccccc7c6)c5)cc4)c4cccc(-c5ccc(-c6ccccc6)cc5)c4)cc3)cc21. The minimum absolute atomic E-state index is 0.0462. The molecule has 0 atom stereocenters. The average Bonchev–Trinajstić information content (AvgIpc) is 3.57. The Morgan fingerprint density at radius 1 is 0.258 bits per heavy atom. The molecule has 0 unspecified atom stereocenters. The van der Waals surface area contributed by atoms with Crippen LogP contribution in [0.2, 0.25) is 0 Å². The summed E-state index contributed by atoms with van der Waals surface area (Å²) in [7, 11) is 0. The minimum Gasteiger partial charge on any atom is -0.310 e. The largest absolute Gasteiger partial charge is 0.310 e. The number of fused-ring (bicyclic) bond motifs is 4. The summed E-state index contributed by atoms with van der Waals surface area (Å²) in [5, 5.41) is 2.51. The van der Waals surface area contributed by atoms with E-state index in [9.17, 15) is 0 Å². The van der Waals surface area contributed by atoms with E-state index >= 15 is 0 Å². The van der Waals surface area contributed by atoms with Gasteiger partial charge in [-0.25, -0.2) is 0 Å². The van der Waals surface area contributed by atoms with E-state index in [4.69, 9.17) is 0 Å². The van der Waals surface area contributed by atoms with Crippen LogP contribution in [0.5, 0.6) is 0 Å². The van der Waals surface area contributed by atoms with Gasteiger partial charge >= 0.3 is 0 Å². The Morgan fingerprint density at radius 3 is 1.39 bits per heavy atom. The Balaban J connectivity index is 0.948. The van der Waals surface area contributed by atoms with Crippen LogP contribution < -0.4 is 4.90 Å². The molecule has 0 fully saturated rings. The van der Waals surface area contributed by atoms with E-state index in [1.54, 1.807) is 0 Å². The van der Waals surface area contributed by atoms with Crippen molar-refractivity contribution in [3.8, 4) is 66.8 Å². The summed E-state index contributed by atoms with van der Waals surface area (Å²) >= 11 is 0. The maximum atomic E-state index is 2.41. The first-order chi connectivity index (χ1) is 30.5. The van der Waals surface area contributed by atoms with Gasteiger partial charge < -0.3 is 4.90 Å². The second-order valence-electron chi connectivity index (χ2n) is 17.0. The monoisotopic (exact) mass is 791 g/mol. The molecular weight excluding hydrogens is 747 g/mol. The number of anilines is 3. The van der Waals surface area contributed by atoms with E-state index < -0.39 is 0 Å². The molecule has 294 valence electrons. The molecule has 10 aromatic carbocycles. The van der Waals surface area contributed by atoms with E-state index in [0.29, 0.717) is 0 Å². The summed E-state index contributed by atoms with van der Waals surface area (Å²) in [5.41, 5.74) is 20.8. The number of hydrogen-bond acceptors (Lipinski definition) is 1. The Hall–Kier alpha value is -7.74. The van der Waals surface area contributed by atoms with Gasteiger partial charge in [-0.05, 0) is 143 Å². The molecule has 0 aliphatic heterocycles. The summed E-state index contributed by atoms with van der Waals surface area (Å²) < 4.78 is 0. The van der Waals surface area contributed by atoms with Gasteiger partial charge in [0.2, 0.25) is 0 Å². The van der Waals surface area contributed by atoms with E-state index in [1.165, 1.54) is 88.7 Å². The Labute approximate surface area is 364 Å². The molecule has 0 amide bonds. The van der Waals surface area contributed by atoms with Crippen LogP contribution in [-0.2, 0) is 5.41 Å². The number of benzene rings is 10. The molecule has 1 aliphatic rings. The van der Waals surface area contributed by atoms with Crippen molar-refractivity contribution in [2.75, 3.05) is 4.90 Å². The molecule has 1 nitrogen and oxygen atoms in total. The van der Waals surface area contributed by atoms with Crippen LogP contribution in [-0.4, -0.2) is 0 Å². The van der Waals surface area contributed by atoms with Crippen molar-refractivity contribution in [1.29, 1.82) is 0 Å². The number of hydrogen-bond donors (Lipinski definition) is 0. The lowest BCUT2D eigenvalue weighted by Gasteiger charge is -2.26.